The quantitative estimate of drug-likeness (QED) is 0.717. The lowest BCUT2D eigenvalue weighted by Crippen LogP contribution is -2.37. The molecule has 118 valence electrons. The second-order valence-corrected chi connectivity index (χ2v) is 5.70. The summed E-state index contributed by atoms with van der Waals surface area (Å²) < 4.78 is 2.51. The van der Waals surface area contributed by atoms with Crippen molar-refractivity contribution in [2.75, 3.05) is 19.0 Å². The van der Waals surface area contributed by atoms with Crippen LogP contribution in [-0.4, -0.2) is 28.2 Å². The number of anilines is 1. The molecule has 0 fully saturated rings. The Morgan fingerprint density at radius 3 is 2.26 bits per heavy atom. The van der Waals surface area contributed by atoms with E-state index in [1.165, 1.54) is 11.6 Å². The third-order valence-electron chi connectivity index (χ3n) is 3.92. The smallest absolute Gasteiger partial charge is 0.332 e. The van der Waals surface area contributed by atoms with E-state index in [4.69, 9.17) is 0 Å². The van der Waals surface area contributed by atoms with Crippen LogP contribution in [0.4, 0.5) is 5.82 Å². The topological polar surface area (TPSA) is 60.1 Å². The van der Waals surface area contributed by atoms with Gasteiger partial charge in [-0.05, 0) is 11.6 Å². The molecule has 0 aliphatic rings. The van der Waals surface area contributed by atoms with Crippen molar-refractivity contribution in [3.8, 4) is 11.1 Å². The van der Waals surface area contributed by atoms with Gasteiger partial charge in [0.1, 0.15) is 5.82 Å². The van der Waals surface area contributed by atoms with Gasteiger partial charge in [0.25, 0.3) is 5.56 Å². The molecule has 23 heavy (non-hydrogen) atoms. The van der Waals surface area contributed by atoms with E-state index >= 15 is 0 Å². The van der Waals surface area contributed by atoms with E-state index in [2.05, 4.69) is 4.98 Å². The minimum Gasteiger partial charge on any atom is -0.362 e. The maximum absolute atomic E-state index is 12.5. The van der Waals surface area contributed by atoms with E-state index in [1.807, 2.05) is 55.4 Å². The molecule has 2 heterocycles. The second-order valence-electron chi connectivity index (χ2n) is 5.70. The lowest BCUT2D eigenvalue weighted by Gasteiger charge is -2.18. The van der Waals surface area contributed by atoms with Gasteiger partial charge in [0.2, 0.25) is 0 Å². The lowest BCUT2D eigenvalue weighted by atomic mass is 10.0. The molecule has 6 nitrogen and oxygen atoms in total. The van der Waals surface area contributed by atoms with Crippen LogP contribution in [-0.2, 0) is 14.1 Å². The molecular formula is C17H18N4O2. The van der Waals surface area contributed by atoms with E-state index < -0.39 is 0 Å². The molecule has 0 N–H and O–H groups in total. The van der Waals surface area contributed by atoms with E-state index in [1.54, 1.807) is 7.05 Å². The highest BCUT2D eigenvalue weighted by molar-refractivity contribution is 5.87. The first-order chi connectivity index (χ1) is 10.9. The van der Waals surface area contributed by atoms with Crippen molar-refractivity contribution in [2.24, 2.45) is 14.1 Å². The Balaban J connectivity index is 2.49. The maximum Gasteiger partial charge on any atom is 0.332 e. The number of rotatable bonds is 2. The van der Waals surface area contributed by atoms with Crippen LogP contribution in [0.15, 0.2) is 46.0 Å². The van der Waals surface area contributed by atoms with Gasteiger partial charge in [-0.25, -0.2) is 9.78 Å². The predicted octanol–water partition coefficient (Wildman–Crippen LogP) is 1.37. The molecule has 0 saturated carbocycles. The first-order valence-electron chi connectivity index (χ1n) is 7.25. The van der Waals surface area contributed by atoms with Crippen molar-refractivity contribution in [3.63, 3.8) is 0 Å². The number of aromatic nitrogens is 3. The van der Waals surface area contributed by atoms with Crippen LogP contribution < -0.4 is 16.1 Å². The third kappa shape index (κ3) is 2.32. The summed E-state index contributed by atoms with van der Waals surface area (Å²) in [4.78, 5) is 31.0. The highest BCUT2D eigenvalue weighted by Gasteiger charge is 2.16. The second kappa shape index (κ2) is 5.39. The summed E-state index contributed by atoms with van der Waals surface area (Å²) in [6, 6.07) is 11.6. The summed E-state index contributed by atoms with van der Waals surface area (Å²) in [5, 5.41) is 0.430. The first-order valence-corrected chi connectivity index (χ1v) is 7.25. The van der Waals surface area contributed by atoms with Gasteiger partial charge in [0, 0.05) is 33.8 Å². The summed E-state index contributed by atoms with van der Waals surface area (Å²) in [6.45, 7) is 0. The Morgan fingerprint density at radius 2 is 1.65 bits per heavy atom. The number of benzene rings is 1. The van der Waals surface area contributed by atoms with E-state index in [-0.39, 0.29) is 11.2 Å². The molecule has 3 aromatic rings. The zero-order valence-electron chi connectivity index (χ0n) is 13.6. The van der Waals surface area contributed by atoms with Crippen LogP contribution >= 0.6 is 0 Å². The molecule has 6 heteroatoms. The van der Waals surface area contributed by atoms with E-state index in [0.29, 0.717) is 16.9 Å². The van der Waals surface area contributed by atoms with Gasteiger partial charge >= 0.3 is 5.69 Å². The van der Waals surface area contributed by atoms with E-state index in [0.717, 1.165) is 15.7 Å². The van der Waals surface area contributed by atoms with Crippen molar-refractivity contribution in [3.05, 3.63) is 57.2 Å². The molecular weight excluding hydrogens is 292 g/mol. The average Bonchev–Trinajstić information content (AvgIpc) is 2.57. The van der Waals surface area contributed by atoms with Gasteiger partial charge in [-0.15, -0.1) is 0 Å². The highest BCUT2D eigenvalue weighted by Crippen LogP contribution is 2.30. The summed E-state index contributed by atoms with van der Waals surface area (Å²) >= 11 is 0. The Kier molecular flexibility index (Phi) is 3.52. The third-order valence-corrected chi connectivity index (χ3v) is 3.92. The average molecular weight is 310 g/mol. The lowest BCUT2D eigenvalue weighted by molar-refractivity contribution is 0.707. The standard InChI is InChI=1S/C17H18N4O2/c1-19(2)14-12(11-8-6-5-7-9-11)10-13-15(18-14)20(3)17(23)21(4)16(13)22/h5-10H,1-4H3. The van der Waals surface area contributed by atoms with Crippen molar-refractivity contribution in [1.29, 1.82) is 0 Å². The molecule has 0 amide bonds. The minimum atomic E-state index is -0.382. The van der Waals surface area contributed by atoms with Gasteiger partial charge in [-0.2, -0.15) is 0 Å². The van der Waals surface area contributed by atoms with Gasteiger partial charge in [-0.3, -0.25) is 13.9 Å². The molecule has 0 radical (unpaired) electrons. The van der Waals surface area contributed by atoms with Crippen LogP contribution in [0.25, 0.3) is 22.2 Å². The van der Waals surface area contributed by atoms with Crippen LogP contribution in [0.1, 0.15) is 0 Å². The predicted molar refractivity (Wildman–Crippen MR) is 92.0 cm³/mol. The van der Waals surface area contributed by atoms with Gasteiger partial charge < -0.3 is 4.90 Å². The van der Waals surface area contributed by atoms with Crippen LogP contribution in [0.5, 0.6) is 0 Å². The zero-order chi connectivity index (χ0) is 16.7. The Hall–Kier alpha value is -2.89. The largest absolute Gasteiger partial charge is 0.362 e. The summed E-state index contributed by atoms with van der Waals surface area (Å²) in [7, 11) is 6.88. The fourth-order valence-corrected chi connectivity index (χ4v) is 2.66. The Labute approximate surface area is 133 Å². The van der Waals surface area contributed by atoms with Crippen molar-refractivity contribution in [1.82, 2.24) is 14.1 Å². The molecule has 0 aliphatic heterocycles. The normalized spacial score (nSPS) is 11.0. The SMILES string of the molecule is CN(C)c1nc2c(cc1-c1ccccc1)c(=O)n(C)c(=O)n2C. The number of fused-ring (bicyclic) bond motifs is 1. The molecule has 3 rings (SSSR count). The monoisotopic (exact) mass is 310 g/mol. The molecule has 0 atom stereocenters. The number of hydrogen-bond donors (Lipinski definition) is 0. The molecule has 0 saturated heterocycles. The number of aryl methyl sites for hydroxylation is 1. The van der Waals surface area contributed by atoms with Crippen molar-refractivity contribution < 1.29 is 0 Å². The summed E-state index contributed by atoms with van der Waals surface area (Å²) in [5.74, 6) is 0.715. The number of pyridine rings is 1. The van der Waals surface area contributed by atoms with Crippen LogP contribution in [0, 0.1) is 0 Å². The van der Waals surface area contributed by atoms with E-state index in [9.17, 15) is 9.59 Å². The van der Waals surface area contributed by atoms with Gasteiger partial charge in [-0.1, -0.05) is 30.3 Å². The molecule has 0 bridgehead atoms. The number of nitrogens with zero attached hydrogens (tertiary/aromatic N) is 4. The van der Waals surface area contributed by atoms with Crippen LogP contribution in [0.3, 0.4) is 0 Å². The summed E-state index contributed by atoms with van der Waals surface area (Å²) in [6.07, 6.45) is 0. The fraction of sp³-hybridized carbons (Fsp3) is 0.235. The van der Waals surface area contributed by atoms with Crippen molar-refractivity contribution >= 4 is 16.9 Å². The van der Waals surface area contributed by atoms with Crippen molar-refractivity contribution in [2.45, 2.75) is 0 Å². The highest BCUT2D eigenvalue weighted by atomic mass is 16.2. The Morgan fingerprint density at radius 1 is 1.00 bits per heavy atom. The van der Waals surface area contributed by atoms with Gasteiger partial charge in [0.05, 0.1) is 5.39 Å². The molecule has 1 aromatic carbocycles. The molecule has 0 unspecified atom stereocenters. The molecule has 0 spiro atoms. The maximum atomic E-state index is 12.5. The summed E-state index contributed by atoms with van der Waals surface area (Å²) in [5.41, 5.74) is 1.51. The number of hydrogen-bond acceptors (Lipinski definition) is 4. The molecule has 2 aromatic heterocycles. The first kappa shape index (κ1) is 15.0. The minimum absolute atomic E-state index is 0.335. The van der Waals surface area contributed by atoms with Crippen LogP contribution in [0.2, 0.25) is 0 Å². The Bertz CT molecular complexity index is 1000. The van der Waals surface area contributed by atoms with Gasteiger partial charge in [0.15, 0.2) is 5.65 Å². The fourth-order valence-electron chi connectivity index (χ4n) is 2.66. The zero-order valence-corrected chi connectivity index (χ0v) is 13.6. The molecule has 0 aliphatic carbocycles.